The zero-order valence-electron chi connectivity index (χ0n) is 17.4. The van der Waals surface area contributed by atoms with Crippen molar-refractivity contribution in [1.29, 1.82) is 0 Å². The Bertz CT molecular complexity index is 1140. The monoisotopic (exact) mass is 468 g/mol. The van der Waals surface area contributed by atoms with E-state index in [1.165, 1.54) is 12.4 Å². The first kappa shape index (κ1) is 24.0. The largest absolute Gasteiger partial charge is 0.416 e. The van der Waals surface area contributed by atoms with Crippen molar-refractivity contribution in [3.8, 4) is 0 Å². The lowest BCUT2D eigenvalue weighted by Gasteiger charge is -2.16. The molecule has 174 valence electrons. The molecule has 0 radical (unpaired) electrons. The molecule has 2 N–H and O–H groups in total. The highest BCUT2D eigenvalue weighted by Crippen LogP contribution is 2.36. The first-order valence-electron chi connectivity index (χ1n) is 9.66. The van der Waals surface area contributed by atoms with Crippen molar-refractivity contribution in [2.45, 2.75) is 32.6 Å². The molecule has 0 bridgehead atoms. The van der Waals surface area contributed by atoms with Crippen molar-refractivity contribution in [2.24, 2.45) is 0 Å². The topological polar surface area (TPSA) is 66.9 Å². The van der Waals surface area contributed by atoms with Crippen LogP contribution in [-0.4, -0.2) is 15.9 Å². The highest BCUT2D eigenvalue weighted by Gasteiger charge is 2.37. The molecule has 3 aromatic rings. The zero-order chi connectivity index (χ0) is 24.4. The van der Waals surface area contributed by atoms with Crippen molar-refractivity contribution < 1.29 is 31.1 Å². The molecule has 0 fully saturated rings. The van der Waals surface area contributed by atoms with Crippen LogP contribution in [-0.2, 0) is 18.8 Å². The minimum atomic E-state index is -5.05. The fourth-order valence-electron chi connectivity index (χ4n) is 3.03. The minimum Gasteiger partial charge on any atom is -0.340 e. The van der Waals surface area contributed by atoms with E-state index in [4.69, 9.17) is 0 Å². The molecule has 0 aliphatic carbocycles. The average molecular weight is 468 g/mol. The molecule has 0 unspecified atom stereocenters. The van der Waals surface area contributed by atoms with Gasteiger partial charge in [0.05, 0.1) is 11.1 Å². The number of nitrogens with zero attached hydrogens (tertiary/aromatic N) is 2. The number of amides is 1. The van der Waals surface area contributed by atoms with E-state index in [1.807, 2.05) is 0 Å². The quantitative estimate of drug-likeness (QED) is 0.427. The van der Waals surface area contributed by atoms with Gasteiger partial charge in [-0.15, -0.1) is 0 Å². The number of hydrogen-bond acceptors (Lipinski definition) is 4. The Labute approximate surface area is 184 Å². The molecule has 0 atom stereocenters. The third-order valence-corrected chi connectivity index (χ3v) is 4.67. The lowest BCUT2D eigenvalue weighted by molar-refractivity contribution is -0.143. The van der Waals surface area contributed by atoms with Crippen molar-refractivity contribution in [2.75, 3.05) is 10.6 Å². The van der Waals surface area contributed by atoms with Gasteiger partial charge in [-0.3, -0.25) is 4.79 Å². The summed E-state index contributed by atoms with van der Waals surface area (Å²) in [5.74, 6) is -0.631. The van der Waals surface area contributed by atoms with Crippen molar-refractivity contribution in [1.82, 2.24) is 9.97 Å². The number of halogens is 6. The molecule has 0 spiro atoms. The van der Waals surface area contributed by atoms with E-state index in [-0.39, 0.29) is 11.8 Å². The van der Waals surface area contributed by atoms with E-state index < -0.39 is 35.0 Å². The van der Waals surface area contributed by atoms with Crippen LogP contribution in [0.25, 0.3) is 0 Å². The summed E-state index contributed by atoms with van der Waals surface area (Å²) in [4.78, 5) is 20.7. The van der Waals surface area contributed by atoms with Crippen molar-refractivity contribution in [3.63, 3.8) is 0 Å². The van der Waals surface area contributed by atoms with Gasteiger partial charge in [0.25, 0.3) is 5.91 Å². The van der Waals surface area contributed by atoms with E-state index >= 15 is 0 Å². The molecule has 5 nitrogen and oxygen atoms in total. The number of carbonyl (C=O) groups is 1. The molecule has 0 aliphatic heterocycles. The van der Waals surface area contributed by atoms with Gasteiger partial charge in [-0.25, -0.2) is 9.97 Å². The third kappa shape index (κ3) is 5.99. The van der Waals surface area contributed by atoms with Crippen LogP contribution in [0.15, 0.2) is 48.8 Å². The van der Waals surface area contributed by atoms with Gasteiger partial charge in [0.1, 0.15) is 12.1 Å². The normalized spacial score (nSPS) is 11.9. The van der Waals surface area contributed by atoms with E-state index in [9.17, 15) is 31.1 Å². The second-order valence-corrected chi connectivity index (χ2v) is 7.14. The van der Waals surface area contributed by atoms with E-state index in [2.05, 4.69) is 20.6 Å². The molecule has 0 saturated carbocycles. The molecule has 2 aromatic carbocycles. The van der Waals surface area contributed by atoms with E-state index in [0.717, 1.165) is 0 Å². The van der Waals surface area contributed by atoms with Crippen LogP contribution >= 0.6 is 0 Å². The van der Waals surface area contributed by atoms with Gasteiger partial charge in [-0.1, -0.05) is 13.0 Å². The Hall–Kier alpha value is -3.63. The number of benzene rings is 2. The Morgan fingerprint density at radius 2 is 1.55 bits per heavy atom. The fourth-order valence-corrected chi connectivity index (χ4v) is 3.03. The first-order valence-corrected chi connectivity index (χ1v) is 9.66. The average Bonchev–Trinajstić information content (AvgIpc) is 2.72. The standard InChI is InChI=1S/C22H18F6N4O/c1-3-13-4-5-17(31-19-6-12(2)29-11-30-19)10-18(13)32-20(33)14-7-15(21(23,24)25)9-16(8-14)22(26,27)28/h4-11H,3H2,1-2H3,(H,32,33)(H,29,30,31). The maximum Gasteiger partial charge on any atom is 0.416 e. The number of aryl methyl sites for hydroxylation is 2. The van der Waals surface area contributed by atoms with Gasteiger partial charge in [0.15, 0.2) is 0 Å². The number of hydrogen-bond donors (Lipinski definition) is 2. The van der Waals surface area contributed by atoms with Crippen molar-refractivity contribution in [3.05, 3.63) is 76.7 Å². The summed E-state index contributed by atoms with van der Waals surface area (Å²) in [6.07, 6.45) is -8.29. The summed E-state index contributed by atoms with van der Waals surface area (Å²) in [6, 6.07) is 7.34. The van der Waals surface area contributed by atoms with Gasteiger partial charge in [0.2, 0.25) is 0 Å². The maximum absolute atomic E-state index is 13.1. The molecule has 0 aliphatic rings. The number of anilines is 3. The molecule has 3 rings (SSSR count). The van der Waals surface area contributed by atoms with Crippen LogP contribution in [0.5, 0.6) is 0 Å². The number of nitrogens with one attached hydrogen (secondary N) is 2. The molecule has 11 heteroatoms. The van der Waals surface area contributed by atoms with E-state index in [0.29, 0.717) is 41.3 Å². The predicted molar refractivity (Wildman–Crippen MR) is 110 cm³/mol. The van der Waals surface area contributed by atoms with Gasteiger partial charge < -0.3 is 10.6 Å². The smallest absolute Gasteiger partial charge is 0.340 e. The number of rotatable bonds is 5. The van der Waals surface area contributed by atoms with Crippen LogP contribution < -0.4 is 10.6 Å². The second-order valence-electron chi connectivity index (χ2n) is 7.14. The molecule has 1 aromatic heterocycles. The van der Waals surface area contributed by atoms with Gasteiger partial charge in [0, 0.05) is 28.7 Å². The number of carbonyl (C=O) groups excluding carboxylic acids is 1. The summed E-state index contributed by atoms with van der Waals surface area (Å²) in [7, 11) is 0. The summed E-state index contributed by atoms with van der Waals surface area (Å²) in [6.45, 7) is 3.56. The Morgan fingerprint density at radius 3 is 2.09 bits per heavy atom. The fraction of sp³-hybridized carbons (Fsp3) is 0.227. The minimum absolute atomic E-state index is 0.0253. The summed E-state index contributed by atoms with van der Waals surface area (Å²) in [5.41, 5.74) is -1.80. The Balaban J connectivity index is 1.95. The lowest BCUT2D eigenvalue weighted by atomic mass is 10.0. The SMILES string of the molecule is CCc1ccc(Nc2cc(C)ncn2)cc1NC(=O)c1cc(C(F)(F)F)cc(C(F)(F)F)c1. The molecular weight excluding hydrogens is 450 g/mol. The van der Waals surface area contributed by atoms with Gasteiger partial charge in [-0.05, 0) is 49.2 Å². The molecular formula is C22H18F6N4O. The summed E-state index contributed by atoms with van der Waals surface area (Å²) in [5, 5.41) is 5.43. The van der Waals surface area contributed by atoms with Crippen LogP contribution in [0, 0.1) is 6.92 Å². The highest BCUT2D eigenvalue weighted by atomic mass is 19.4. The van der Waals surface area contributed by atoms with E-state index in [1.54, 1.807) is 32.0 Å². The summed E-state index contributed by atoms with van der Waals surface area (Å²) < 4.78 is 78.7. The number of aromatic nitrogens is 2. The molecule has 0 saturated heterocycles. The lowest BCUT2D eigenvalue weighted by Crippen LogP contribution is -2.18. The van der Waals surface area contributed by atoms with Gasteiger partial charge in [-0.2, -0.15) is 26.3 Å². The maximum atomic E-state index is 13.1. The zero-order valence-corrected chi connectivity index (χ0v) is 17.4. The Morgan fingerprint density at radius 1 is 0.909 bits per heavy atom. The molecule has 1 amide bonds. The summed E-state index contributed by atoms with van der Waals surface area (Å²) >= 11 is 0. The molecule has 33 heavy (non-hydrogen) atoms. The van der Waals surface area contributed by atoms with Crippen LogP contribution in [0.1, 0.15) is 39.7 Å². The second kappa shape index (κ2) is 9.08. The van der Waals surface area contributed by atoms with Crippen LogP contribution in [0.4, 0.5) is 43.5 Å². The van der Waals surface area contributed by atoms with Crippen LogP contribution in [0.2, 0.25) is 0 Å². The number of alkyl halides is 6. The van der Waals surface area contributed by atoms with Crippen molar-refractivity contribution >= 4 is 23.1 Å². The predicted octanol–water partition coefficient (Wildman–Crippen LogP) is 6.38. The van der Waals surface area contributed by atoms with Gasteiger partial charge >= 0.3 is 12.4 Å². The third-order valence-electron chi connectivity index (χ3n) is 4.67. The van der Waals surface area contributed by atoms with Crippen LogP contribution in [0.3, 0.4) is 0 Å². The Kier molecular flexibility index (Phi) is 6.61. The molecule has 1 heterocycles. The highest BCUT2D eigenvalue weighted by molar-refractivity contribution is 6.05. The first-order chi connectivity index (χ1) is 15.4.